The first-order valence-corrected chi connectivity index (χ1v) is 5.88. The molecule has 0 aliphatic rings. The molecule has 0 spiro atoms. The number of carboxylic acids is 2. The van der Waals surface area contributed by atoms with Gasteiger partial charge in [0.2, 0.25) is 0 Å². The van der Waals surface area contributed by atoms with Gasteiger partial charge in [-0.25, -0.2) is 9.59 Å². The minimum absolute atomic E-state index is 0.109. The Balaban J connectivity index is 2.83. The Hall–Kier alpha value is -1.75. The molecule has 0 heterocycles. The zero-order valence-corrected chi connectivity index (χ0v) is 10.3. The molecule has 0 aliphatic heterocycles. The molecule has 1 aromatic carbocycles. The Bertz CT molecular complexity index is 412. The number of carboxylic acid groups (broad SMARTS) is 2. The number of aromatic carboxylic acids is 2. The molecule has 98 valence electrons. The van der Waals surface area contributed by atoms with Crippen molar-refractivity contribution in [2.75, 3.05) is 12.5 Å². The monoisotopic (exact) mass is 272 g/mol. The molecule has 0 aromatic heterocycles. The van der Waals surface area contributed by atoms with Gasteiger partial charge in [-0.05, 0) is 31.0 Å². The van der Waals surface area contributed by atoms with Crippen molar-refractivity contribution in [2.24, 2.45) is 0 Å². The number of benzene rings is 1. The van der Waals surface area contributed by atoms with Gasteiger partial charge in [0.05, 0.1) is 17.7 Å². The third kappa shape index (κ3) is 4.25. The predicted molar refractivity (Wildman–Crippen MR) is 65.8 cm³/mol. The second kappa shape index (κ2) is 6.86. The minimum atomic E-state index is -1.19. The number of hydrogen-bond donors (Lipinski definition) is 2. The van der Waals surface area contributed by atoms with Gasteiger partial charge in [0.15, 0.2) is 0 Å². The maximum Gasteiger partial charge on any atom is 0.335 e. The van der Waals surface area contributed by atoms with Crippen LogP contribution in [0.1, 0.15) is 33.6 Å². The molecule has 2 N–H and O–H groups in total. The molecular formula is C12H13ClO5. The van der Waals surface area contributed by atoms with E-state index >= 15 is 0 Å². The van der Waals surface area contributed by atoms with E-state index in [1.54, 1.807) is 0 Å². The third-order valence-electron chi connectivity index (χ3n) is 2.20. The van der Waals surface area contributed by atoms with Gasteiger partial charge in [-0.3, -0.25) is 0 Å². The number of ether oxygens (including phenoxy) is 1. The van der Waals surface area contributed by atoms with Gasteiger partial charge in [-0.2, -0.15) is 0 Å². The summed E-state index contributed by atoms with van der Waals surface area (Å²) in [6.45, 7) is 0.370. The highest BCUT2D eigenvalue weighted by atomic mass is 35.5. The van der Waals surface area contributed by atoms with Crippen LogP contribution < -0.4 is 4.74 Å². The summed E-state index contributed by atoms with van der Waals surface area (Å²) in [7, 11) is 0. The fraction of sp³-hybridized carbons (Fsp3) is 0.333. The number of carbonyl (C=O) groups is 2. The summed E-state index contributed by atoms with van der Waals surface area (Å²) in [5.41, 5.74) is -0.218. The smallest absolute Gasteiger partial charge is 0.335 e. The summed E-state index contributed by atoms with van der Waals surface area (Å²) in [5, 5.41) is 17.7. The van der Waals surface area contributed by atoms with Gasteiger partial charge in [-0.1, -0.05) is 0 Å². The Morgan fingerprint density at radius 3 is 2.06 bits per heavy atom. The Labute approximate surface area is 109 Å². The lowest BCUT2D eigenvalue weighted by Gasteiger charge is -2.07. The van der Waals surface area contributed by atoms with Crippen LogP contribution in [-0.4, -0.2) is 34.6 Å². The average molecular weight is 273 g/mol. The largest absolute Gasteiger partial charge is 0.494 e. The standard InChI is InChI=1S/C12H13ClO5/c13-3-1-2-4-18-10-6-8(11(14)15)5-9(7-10)12(16)17/h5-7H,1-4H2,(H,14,15)(H,16,17). The average Bonchev–Trinajstić information content (AvgIpc) is 2.34. The van der Waals surface area contributed by atoms with Crippen LogP contribution in [0, 0.1) is 0 Å². The first kappa shape index (κ1) is 14.3. The second-order valence-corrected chi connectivity index (χ2v) is 3.98. The van der Waals surface area contributed by atoms with Crippen molar-refractivity contribution in [1.29, 1.82) is 0 Å². The quantitative estimate of drug-likeness (QED) is 0.588. The van der Waals surface area contributed by atoms with Gasteiger partial charge in [0, 0.05) is 5.88 Å². The van der Waals surface area contributed by atoms with E-state index in [0.717, 1.165) is 18.9 Å². The van der Waals surface area contributed by atoms with E-state index in [0.29, 0.717) is 12.5 Å². The Kier molecular flexibility index (Phi) is 5.45. The summed E-state index contributed by atoms with van der Waals surface area (Å²) in [4.78, 5) is 21.7. The van der Waals surface area contributed by atoms with Crippen LogP contribution in [0.3, 0.4) is 0 Å². The molecule has 0 radical (unpaired) electrons. The molecular weight excluding hydrogens is 260 g/mol. The van der Waals surface area contributed by atoms with Gasteiger partial charge in [-0.15, -0.1) is 11.6 Å². The van der Waals surface area contributed by atoms with Crippen molar-refractivity contribution < 1.29 is 24.5 Å². The van der Waals surface area contributed by atoms with E-state index in [1.807, 2.05) is 0 Å². The summed E-state index contributed by atoms with van der Waals surface area (Å²) in [6.07, 6.45) is 1.51. The Morgan fingerprint density at radius 1 is 1.06 bits per heavy atom. The first-order valence-electron chi connectivity index (χ1n) is 5.35. The van der Waals surface area contributed by atoms with Crippen molar-refractivity contribution in [3.8, 4) is 5.75 Å². The number of rotatable bonds is 7. The van der Waals surface area contributed by atoms with E-state index in [4.69, 9.17) is 26.6 Å². The van der Waals surface area contributed by atoms with E-state index in [-0.39, 0.29) is 16.9 Å². The van der Waals surface area contributed by atoms with Crippen LogP contribution in [0.15, 0.2) is 18.2 Å². The SMILES string of the molecule is O=C(O)c1cc(OCCCCCl)cc(C(=O)O)c1. The molecule has 0 amide bonds. The van der Waals surface area contributed by atoms with Crippen LogP contribution in [0.4, 0.5) is 0 Å². The normalized spacial score (nSPS) is 10.1. The molecule has 18 heavy (non-hydrogen) atoms. The summed E-state index contributed by atoms with van der Waals surface area (Å²) in [5.74, 6) is -1.62. The molecule has 0 saturated heterocycles. The number of hydrogen-bond acceptors (Lipinski definition) is 3. The van der Waals surface area contributed by atoms with Crippen molar-refractivity contribution in [2.45, 2.75) is 12.8 Å². The molecule has 0 unspecified atom stereocenters. The molecule has 0 saturated carbocycles. The highest BCUT2D eigenvalue weighted by Crippen LogP contribution is 2.18. The van der Waals surface area contributed by atoms with Crippen molar-refractivity contribution in [1.82, 2.24) is 0 Å². The lowest BCUT2D eigenvalue weighted by atomic mass is 10.1. The van der Waals surface area contributed by atoms with Gasteiger partial charge < -0.3 is 14.9 Å². The number of unbranched alkanes of at least 4 members (excludes halogenated alkanes) is 1. The molecule has 6 heteroatoms. The molecule has 1 aromatic rings. The van der Waals surface area contributed by atoms with E-state index in [9.17, 15) is 9.59 Å². The molecule has 0 atom stereocenters. The van der Waals surface area contributed by atoms with Crippen molar-refractivity contribution in [3.05, 3.63) is 29.3 Å². The number of alkyl halides is 1. The number of halogens is 1. The zero-order chi connectivity index (χ0) is 13.5. The van der Waals surface area contributed by atoms with Crippen LogP contribution in [0.5, 0.6) is 5.75 Å². The molecule has 0 aliphatic carbocycles. The van der Waals surface area contributed by atoms with Crippen LogP contribution >= 0.6 is 11.6 Å². The summed E-state index contributed by atoms with van der Waals surface area (Å²) in [6, 6.07) is 3.70. The van der Waals surface area contributed by atoms with Gasteiger partial charge in [0.25, 0.3) is 0 Å². The Morgan fingerprint density at radius 2 is 1.61 bits per heavy atom. The first-order chi connectivity index (χ1) is 8.54. The molecule has 0 fully saturated rings. The minimum Gasteiger partial charge on any atom is -0.494 e. The summed E-state index contributed by atoms with van der Waals surface area (Å²) >= 11 is 5.51. The summed E-state index contributed by atoms with van der Waals surface area (Å²) < 4.78 is 5.30. The van der Waals surface area contributed by atoms with E-state index < -0.39 is 11.9 Å². The maximum atomic E-state index is 10.8. The highest BCUT2D eigenvalue weighted by Gasteiger charge is 2.11. The zero-order valence-electron chi connectivity index (χ0n) is 9.56. The van der Waals surface area contributed by atoms with Crippen LogP contribution in [0.25, 0.3) is 0 Å². The molecule has 1 rings (SSSR count). The van der Waals surface area contributed by atoms with Gasteiger partial charge in [0.1, 0.15) is 5.75 Å². The third-order valence-corrected chi connectivity index (χ3v) is 2.46. The van der Waals surface area contributed by atoms with Gasteiger partial charge >= 0.3 is 11.9 Å². The van der Waals surface area contributed by atoms with E-state index in [1.165, 1.54) is 12.1 Å². The highest BCUT2D eigenvalue weighted by molar-refractivity contribution is 6.17. The maximum absolute atomic E-state index is 10.8. The van der Waals surface area contributed by atoms with Crippen molar-refractivity contribution >= 4 is 23.5 Å². The predicted octanol–water partition coefficient (Wildman–Crippen LogP) is 2.48. The van der Waals surface area contributed by atoms with Crippen LogP contribution in [-0.2, 0) is 0 Å². The van der Waals surface area contributed by atoms with Crippen molar-refractivity contribution in [3.63, 3.8) is 0 Å². The lowest BCUT2D eigenvalue weighted by Crippen LogP contribution is -2.05. The molecule has 0 bridgehead atoms. The fourth-order valence-corrected chi connectivity index (χ4v) is 1.50. The fourth-order valence-electron chi connectivity index (χ4n) is 1.32. The lowest BCUT2D eigenvalue weighted by molar-refractivity contribution is 0.0696. The molecule has 5 nitrogen and oxygen atoms in total. The topological polar surface area (TPSA) is 83.8 Å². The van der Waals surface area contributed by atoms with Crippen LogP contribution in [0.2, 0.25) is 0 Å². The van der Waals surface area contributed by atoms with E-state index in [2.05, 4.69) is 0 Å². The second-order valence-electron chi connectivity index (χ2n) is 3.60.